The molecule has 2 heteroatoms. The van der Waals surface area contributed by atoms with Gasteiger partial charge in [0.25, 0.3) is 0 Å². The molecule has 2 fully saturated rings. The SMILES string of the molecule is CC1C2CNCC2CN1Cc1ccc2c(c1)CCC2. The molecule has 2 aliphatic heterocycles. The summed E-state index contributed by atoms with van der Waals surface area (Å²) in [6.07, 6.45) is 3.95. The second-order valence-corrected chi connectivity index (χ2v) is 6.71. The van der Waals surface area contributed by atoms with Crippen molar-refractivity contribution in [2.24, 2.45) is 11.8 Å². The Balaban J connectivity index is 1.50. The molecular formula is C17H24N2. The molecule has 0 bridgehead atoms. The number of hydrogen-bond acceptors (Lipinski definition) is 2. The molecule has 4 rings (SSSR count). The Kier molecular flexibility index (Phi) is 2.89. The minimum atomic E-state index is 0.744. The number of hydrogen-bond donors (Lipinski definition) is 1. The van der Waals surface area contributed by atoms with Crippen LogP contribution in [0.3, 0.4) is 0 Å². The lowest BCUT2D eigenvalue weighted by Crippen LogP contribution is -2.32. The molecule has 0 amide bonds. The molecule has 1 aliphatic carbocycles. The second-order valence-electron chi connectivity index (χ2n) is 6.71. The first-order chi connectivity index (χ1) is 9.31. The first kappa shape index (κ1) is 11.9. The molecule has 3 unspecified atom stereocenters. The molecule has 1 aromatic carbocycles. The highest BCUT2D eigenvalue weighted by atomic mass is 15.2. The first-order valence-electron chi connectivity index (χ1n) is 7.87. The van der Waals surface area contributed by atoms with Gasteiger partial charge in [-0.3, -0.25) is 4.90 Å². The Morgan fingerprint density at radius 3 is 3.00 bits per heavy atom. The Morgan fingerprint density at radius 2 is 2.11 bits per heavy atom. The van der Waals surface area contributed by atoms with Crippen LogP contribution in [0, 0.1) is 11.8 Å². The quantitative estimate of drug-likeness (QED) is 0.873. The molecule has 1 aromatic rings. The van der Waals surface area contributed by atoms with Crippen LogP contribution in [0.25, 0.3) is 0 Å². The van der Waals surface area contributed by atoms with Crippen molar-refractivity contribution in [2.45, 2.75) is 38.8 Å². The van der Waals surface area contributed by atoms with Crippen molar-refractivity contribution in [3.05, 3.63) is 34.9 Å². The van der Waals surface area contributed by atoms with Crippen LogP contribution in [0.15, 0.2) is 18.2 Å². The van der Waals surface area contributed by atoms with Crippen molar-refractivity contribution >= 4 is 0 Å². The van der Waals surface area contributed by atoms with E-state index in [1.807, 2.05) is 0 Å². The van der Waals surface area contributed by atoms with E-state index in [0.717, 1.165) is 24.4 Å². The molecule has 0 aromatic heterocycles. The van der Waals surface area contributed by atoms with Crippen LogP contribution in [0.1, 0.15) is 30.0 Å². The summed E-state index contributed by atoms with van der Waals surface area (Å²) in [5, 5.41) is 3.55. The average molecular weight is 256 g/mol. The molecular weight excluding hydrogens is 232 g/mol. The molecule has 2 saturated heterocycles. The highest BCUT2D eigenvalue weighted by Crippen LogP contribution is 2.33. The molecule has 102 valence electrons. The van der Waals surface area contributed by atoms with Gasteiger partial charge in [-0.25, -0.2) is 0 Å². The summed E-state index contributed by atoms with van der Waals surface area (Å²) >= 11 is 0. The van der Waals surface area contributed by atoms with Gasteiger partial charge in [0, 0.05) is 19.1 Å². The summed E-state index contributed by atoms with van der Waals surface area (Å²) in [4.78, 5) is 2.70. The summed E-state index contributed by atoms with van der Waals surface area (Å²) in [6.45, 7) is 7.32. The molecule has 19 heavy (non-hydrogen) atoms. The molecule has 0 radical (unpaired) electrons. The van der Waals surface area contributed by atoms with Crippen molar-refractivity contribution in [1.29, 1.82) is 0 Å². The maximum Gasteiger partial charge on any atom is 0.0236 e. The van der Waals surface area contributed by atoms with Crippen LogP contribution < -0.4 is 5.32 Å². The van der Waals surface area contributed by atoms with E-state index in [2.05, 4.69) is 35.3 Å². The Bertz CT molecular complexity index is 482. The van der Waals surface area contributed by atoms with Gasteiger partial charge in [0.05, 0.1) is 0 Å². The highest BCUT2D eigenvalue weighted by molar-refractivity contribution is 5.35. The van der Waals surface area contributed by atoms with Gasteiger partial charge in [-0.15, -0.1) is 0 Å². The third kappa shape index (κ3) is 2.02. The van der Waals surface area contributed by atoms with Gasteiger partial charge in [-0.05, 0) is 67.8 Å². The first-order valence-corrected chi connectivity index (χ1v) is 7.87. The van der Waals surface area contributed by atoms with Crippen molar-refractivity contribution < 1.29 is 0 Å². The monoisotopic (exact) mass is 256 g/mol. The number of fused-ring (bicyclic) bond motifs is 2. The van der Waals surface area contributed by atoms with Crippen molar-refractivity contribution in [1.82, 2.24) is 10.2 Å². The minimum Gasteiger partial charge on any atom is -0.316 e. The van der Waals surface area contributed by atoms with E-state index in [1.165, 1.54) is 44.5 Å². The largest absolute Gasteiger partial charge is 0.316 e. The lowest BCUT2D eigenvalue weighted by atomic mass is 9.95. The van der Waals surface area contributed by atoms with Gasteiger partial charge in [-0.2, -0.15) is 0 Å². The van der Waals surface area contributed by atoms with E-state index >= 15 is 0 Å². The fraction of sp³-hybridized carbons (Fsp3) is 0.647. The standard InChI is InChI=1S/C17H24N2/c1-12-17-9-18-8-16(17)11-19(12)10-13-5-6-14-3-2-4-15(14)7-13/h5-7,12,16-18H,2-4,8-11H2,1H3. The summed E-state index contributed by atoms with van der Waals surface area (Å²) < 4.78 is 0. The average Bonchev–Trinajstić information content (AvgIpc) is 3.09. The zero-order valence-electron chi connectivity index (χ0n) is 11.9. The highest BCUT2D eigenvalue weighted by Gasteiger charge is 2.41. The van der Waals surface area contributed by atoms with Crippen LogP contribution in [0.5, 0.6) is 0 Å². The van der Waals surface area contributed by atoms with Crippen molar-refractivity contribution in [3.8, 4) is 0 Å². The number of benzene rings is 1. The molecule has 3 aliphatic rings. The van der Waals surface area contributed by atoms with E-state index in [-0.39, 0.29) is 0 Å². The van der Waals surface area contributed by atoms with E-state index in [9.17, 15) is 0 Å². The van der Waals surface area contributed by atoms with Crippen LogP contribution in [0.4, 0.5) is 0 Å². The Hall–Kier alpha value is -0.860. The van der Waals surface area contributed by atoms with Gasteiger partial charge in [0.2, 0.25) is 0 Å². The Morgan fingerprint density at radius 1 is 1.21 bits per heavy atom. The topological polar surface area (TPSA) is 15.3 Å². The fourth-order valence-corrected chi connectivity index (χ4v) is 4.42. The van der Waals surface area contributed by atoms with E-state index in [0.29, 0.717) is 0 Å². The number of rotatable bonds is 2. The van der Waals surface area contributed by atoms with Crippen molar-refractivity contribution in [2.75, 3.05) is 19.6 Å². The maximum atomic E-state index is 3.55. The molecule has 1 N–H and O–H groups in total. The Labute approximate surface area is 116 Å². The van der Waals surface area contributed by atoms with Crippen LogP contribution in [-0.4, -0.2) is 30.6 Å². The van der Waals surface area contributed by atoms with Crippen LogP contribution in [0.2, 0.25) is 0 Å². The van der Waals surface area contributed by atoms with Crippen molar-refractivity contribution in [3.63, 3.8) is 0 Å². The summed E-state index contributed by atoms with van der Waals surface area (Å²) in [7, 11) is 0. The number of aryl methyl sites for hydroxylation is 2. The smallest absolute Gasteiger partial charge is 0.0236 e. The lowest BCUT2D eigenvalue weighted by molar-refractivity contribution is 0.231. The third-order valence-corrected chi connectivity index (χ3v) is 5.61. The van der Waals surface area contributed by atoms with E-state index in [4.69, 9.17) is 0 Å². The molecule has 0 saturated carbocycles. The lowest BCUT2D eigenvalue weighted by Gasteiger charge is -2.24. The fourth-order valence-electron chi connectivity index (χ4n) is 4.42. The van der Waals surface area contributed by atoms with Gasteiger partial charge < -0.3 is 5.32 Å². The summed E-state index contributed by atoms with van der Waals surface area (Å²) in [5.74, 6) is 1.78. The van der Waals surface area contributed by atoms with Gasteiger partial charge in [0.15, 0.2) is 0 Å². The summed E-state index contributed by atoms with van der Waals surface area (Å²) in [6, 6.07) is 7.96. The zero-order chi connectivity index (χ0) is 12.8. The molecule has 2 nitrogen and oxygen atoms in total. The summed E-state index contributed by atoms with van der Waals surface area (Å²) in [5.41, 5.74) is 4.74. The molecule has 3 atom stereocenters. The van der Waals surface area contributed by atoms with Gasteiger partial charge in [-0.1, -0.05) is 18.2 Å². The zero-order valence-corrected chi connectivity index (χ0v) is 11.9. The van der Waals surface area contributed by atoms with Gasteiger partial charge in [0.1, 0.15) is 0 Å². The minimum absolute atomic E-state index is 0.744. The third-order valence-electron chi connectivity index (χ3n) is 5.61. The van der Waals surface area contributed by atoms with Gasteiger partial charge >= 0.3 is 0 Å². The number of nitrogens with one attached hydrogen (secondary N) is 1. The number of likely N-dealkylation sites (tertiary alicyclic amines) is 1. The predicted octanol–water partition coefficient (Wildman–Crippen LogP) is 2.21. The normalized spacial score (nSPS) is 33.6. The molecule has 2 heterocycles. The van der Waals surface area contributed by atoms with E-state index in [1.54, 1.807) is 11.1 Å². The maximum absolute atomic E-state index is 3.55. The van der Waals surface area contributed by atoms with Crippen LogP contribution in [-0.2, 0) is 19.4 Å². The van der Waals surface area contributed by atoms with E-state index < -0.39 is 0 Å². The van der Waals surface area contributed by atoms with Crippen LogP contribution >= 0.6 is 0 Å². The second kappa shape index (κ2) is 4.60. The predicted molar refractivity (Wildman–Crippen MR) is 78.2 cm³/mol. The molecule has 0 spiro atoms. The number of nitrogens with zero attached hydrogens (tertiary/aromatic N) is 1.